The van der Waals surface area contributed by atoms with E-state index in [1.54, 1.807) is 18.2 Å². The average molecular weight is 489 g/mol. The van der Waals surface area contributed by atoms with Gasteiger partial charge in [-0.3, -0.25) is 4.79 Å². The lowest BCUT2D eigenvalue weighted by molar-refractivity contribution is -0.117. The predicted molar refractivity (Wildman–Crippen MR) is 129 cm³/mol. The number of amides is 1. The largest absolute Gasteiger partial charge is 0.493 e. The Bertz CT molecular complexity index is 1230. The van der Waals surface area contributed by atoms with Crippen LogP contribution in [0.15, 0.2) is 71.6 Å². The number of hydrogen-bond acceptors (Lipinski definition) is 5. The molecule has 0 saturated carbocycles. The number of aryl methyl sites for hydroxylation is 1. The summed E-state index contributed by atoms with van der Waals surface area (Å²) in [5.41, 5.74) is 2.14. The molecule has 3 rings (SSSR count). The van der Waals surface area contributed by atoms with Crippen molar-refractivity contribution in [1.82, 2.24) is 4.72 Å². The Morgan fingerprint density at radius 3 is 2.30 bits per heavy atom. The maximum Gasteiger partial charge on any atom is 0.242 e. The molecule has 33 heavy (non-hydrogen) atoms. The monoisotopic (exact) mass is 488 g/mol. The number of hydrogen-bond donors (Lipinski definition) is 2. The highest BCUT2D eigenvalue weighted by molar-refractivity contribution is 7.89. The standard InChI is InChI=1S/C24H25ClN2O5S/c1-16-9-10-18(14-20(16)25)26-24(28)21(13-17-7-5-4-6-8-17)27-33(29,30)19-11-12-22(31-2)23(15-19)32-3/h4-12,14-15,21,27H,13H2,1-3H3,(H,26,28)/t21-/m0/s1. The summed E-state index contributed by atoms with van der Waals surface area (Å²) in [6, 6.07) is 17.4. The Hall–Kier alpha value is -3.07. The number of rotatable bonds is 9. The van der Waals surface area contributed by atoms with Crippen molar-refractivity contribution in [2.24, 2.45) is 0 Å². The zero-order valence-electron chi connectivity index (χ0n) is 18.5. The van der Waals surface area contributed by atoms with E-state index >= 15 is 0 Å². The number of halogens is 1. The first kappa shape index (κ1) is 24.6. The molecule has 2 N–H and O–H groups in total. The first-order valence-electron chi connectivity index (χ1n) is 10.1. The normalized spacial score (nSPS) is 12.1. The molecule has 0 saturated heterocycles. The van der Waals surface area contributed by atoms with Gasteiger partial charge in [0, 0.05) is 16.8 Å². The van der Waals surface area contributed by atoms with Crippen LogP contribution in [0.25, 0.3) is 0 Å². The van der Waals surface area contributed by atoms with Crippen molar-refractivity contribution in [1.29, 1.82) is 0 Å². The summed E-state index contributed by atoms with van der Waals surface area (Å²) in [4.78, 5) is 13.1. The van der Waals surface area contributed by atoms with Gasteiger partial charge in [0.25, 0.3) is 0 Å². The molecule has 0 unspecified atom stereocenters. The van der Waals surface area contributed by atoms with Crippen LogP contribution in [0.5, 0.6) is 11.5 Å². The third-order valence-corrected chi connectivity index (χ3v) is 6.88. The van der Waals surface area contributed by atoms with Gasteiger partial charge in [-0.1, -0.05) is 48.0 Å². The highest BCUT2D eigenvalue weighted by atomic mass is 35.5. The molecule has 0 fully saturated rings. The van der Waals surface area contributed by atoms with Crippen molar-refractivity contribution < 1.29 is 22.7 Å². The topological polar surface area (TPSA) is 93.7 Å². The van der Waals surface area contributed by atoms with E-state index in [0.29, 0.717) is 16.5 Å². The van der Waals surface area contributed by atoms with E-state index in [4.69, 9.17) is 21.1 Å². The molecular formula is C24H25ClN2O5S. The summed E-state index contributed by atoms with van der Waals surface area (Å²) in [6.45, 7) is 1.85. The molecular weight excluding hydrogens is 464 g/mol. The van der Waals surface area contributed by atoms with Gasteiger partial charge in [-0.2, -0.15) is 4.72 Å². The fourth-order valence-corrected chi connectivity index (χ4v) is 4.57. The molecule has 174 valence electrons. The molecule has 0 radical (unpaired) electrons. The number of ether oxygens (including phenoxy) is 2. The molecule has 1 atom stereocenters. The van der Waals surface area contributed by atoms with E-state index in [9.17, 15) is 13.2 Å². The van der Waals surface area contributed by atoms with E-state index in [1.165, 1.54) is 32.4 Å². The lowest BCUT2D eigenvalue weighted by Gasteiger charge is -2.19. The number of benzene rings is 3. The number of anilines is 1. The quantitative estimate of drug-likeness (QED) is 0.471. The molecule has 0 aliphatic heterocycles. The molecule has 0 spiro atoms. The van der Waals surface area contributed by atoms with Crippen molar-refractivity contribution in [3.8, 4) is 11.5 Å². The highest BCUT2D eigenvalue weighted by Gasteiger charge is 2.27. The summed E-state index contributed by atoms with van der Waals surface area (Å²) in [5, 5.41) is 3.25. The maximum absolute atomic E-state index is 13.1. The van der Waals surface area contributed by atoms with Crippen LogP contribution in [0, 0.1) is 6.92 Å². The Labute approximate surface area is 198 Å². The molecule has 0 aliphatic rings. The molecule has 0 aliphatic carbocycles. The summed E-state index contributed by atoms with van der Waals surface area (Å²) in [5.74, 6) is 0.146. The Morgan fingerprint density at radius 2 is 1.67 bits per heavy atom. The number of sulfonamides is 1. The fourth-order valence-electron chi connectivity index (χ4n) is 3.18. The lowest BCUT2D eigenvalue weighted by atomic mass is 10.1. The zero-order chi connectivity index (χ0) is 24.0. The first-order valence-corrected chi connectivity index (χ1v) is 11.9. The van der Waals surface area contributed by atoms with Crippen LogP contribution in [0.1, 0.15) is 11.1 Å². The van der Waals surface area contributed by atoms with Crippen LogP contribution in [-0.4, -0.2) is 34.6 Å². The van der Waals surface area contributed by atoms with E-state index in [1.807, 2.05) is 37.3 Å². The van der Waals surface area contributed by atoms with Gasteiger partial charge in [0.1, 0.15) is 6.04 Å². The van der Waals surface area contributed by atoms with Gasteiger partial charge in [-0.25, -0.2) is 8.42 Å². The Kier molecular flexibility index (Phi) is 7.97. The van der Waals surface area contributed by atoms with Gasteiger partial charge < -0.3 is 14.8 Å². The number of nitrogens with one attached hydrogen (secondary N) is 2. The third kappa shape index (κ3) is 6.25. The van der Waals surface area contributed by atoms with Crippen LogP contribution < -0.4 is 19.5 Å². The minimum absolute atomic E-state index is 0.0515. The summed E-state index contributed by atoms with van der Waals surface area (Å²) < 4.78 is 39.2. The van der Waals surface area contributed by atoms with Gasteiger partial charge in [0.15, 0.2) is 11.5 Å². The smallest absolute Gasteiger partial charge is 0.242 e. The third-order valence-electron chi connectivity index (χ3n) is 5.00. The second-order valence-corrected chi connectivity index (χ2v) is 9.45. The SMILES string of the molecule is COc1ccc(S(=O)(=O)N[C@@H](Cc2ccccc2)C(=O)Nc2ccc(C)c(Cl)c2)cc1OC. The van der Waals surface area contributed by atoms with Crippen LogP contribution in [-0.2, 0) is 21.2 Å². The van der Waals surface area contributed by atoms with Gasteiger partial charge in [-0.15, -0.1) is 0 Å². The zero-order valence-corrected chi connectivity index (χ0v) is 20.0. The molecule has 0 heterocycles. The van der Waals surface area contributed by atoms with Crippen LogP contribution >= 0.6 is 11.6 Å². The molecule has 3 aromatic carbocycles. The predicted octanol–water partition coefficient (Wildman–Crippen LogP) is 4.19. The molecule has 1 amide bonds. The highest BCUT2D eigenvalue weighted by Crippen LogP contribution is 2.29. The minimum atomic E-state index is -4.06. The lowest BCUT2D eigenvalue weighted by Crippen LogP contribution is -2.45. The van der Waals surface area contributed by atoms with Crippen LogP contribution in [0.4, 0.5) is 5.69 Å². The first-order chi connectivity index (χ1) is 15.7. The van der Waals surface area contributed by atoms with Gasteiger partial charge >= 0.3 is 0 Å². The van der Waals surface area contributed by atoms with Crippen molar-refractivity contribution in [3.05, 3.63) is 82.9 Å². The maximum atomic E-state index is 13.1. The van der Waals surface area contributed by atoms with Crippen LogP contribution in [0.3, 0.4) is 0 Å². The van der Waals surface area contributed by atoms with Gasteiger partial charge in [0.05, 0.1) is 19.1 Å². The number of methoxy groups -OCH3 is 2. The Morgan fingerprint density at radius 1 is 0.970 bits per heavy atom. The second-order valence-electron chi connectivity index (χ2n) is 7.33. The van der Waals surface area contributed by atoms with Gasteiger partial charge in [-0.05, 0) is 48.7 Å². The molecule has 0 aromatic heterocycles. The molecule has 3 aromatic rings. The van der Waals surface area contributed by atoms with Crippen molar-refractivity contribution in [3.63, 3.8) is 0 Å². The van der Waals surface area contributed by atoms with Gasteiger partial charge in [0.2, 0.25) is 15.9 Å². The fraction of sp³-hybridized carbons (Fsp3) is 0.208. The van der Waals surface area contributed by atoms with E-state index < -0.39 is 22.0 Å². The van der Waals surface area contributed by atoms with E-state index in [0.717, 1.165) is 11.1 Å². The van der Waals surface area contributed by atoms with E-state index in [-0.39, 0.29) is 17.1 Å². The summed E-state index contributed by atoms with van der Waals surface area (Å²) in [6.07, 6.45) is 0.152. The summed E-state index contributed by atoms with van der Waals surface area (Å²) >= 11 is 6.16. The van der Waals surface area contributed by atoms with E-state index in [2.05, 4.69) is 10.0 Å². The van der Waals surface area contributed by atoms with Crippen LogP contribution in [0.2, 0.25) is 5.02 Å². The summed E-state index contributed by atoms with van der Waals surface area (Å²) in [7, 11) is -1.18. The second kappa shape index (κ2) is 10.7. The molecule has 7 nitrogen and oxygen atoms in total. The van der Waals surface area contributed by atoms with Crippen molar-refractivity contribution >= 4 is 33.2 Å². The average Bonchev–Trinajstić information content (AvgIpc) is 2.81. The number of carbonyl (C=O) groups is 1. The van der Waals surface area contributed by atoms with Crippen molar-refractivity contribution in [2.45, 2.75) is 24.3 Å². The number of carbonyl (C=O) groups excluding carboxylic acids is 1. The molecule has 9 heteroatoms. The minimum Gasteiger partial charge on any atom is -0.493 e. The molecule has 0 bridgehead atoms. The Balaban J connectivity index is 1.90. The van der Waals surface area contributed by atoms with Crippen molar-refractivity contribution in [2.75, 3.05) is 19.5 Å².